The number of amides is 2. The molecule has 4 rings (SSSR count). The van der Waals surface area contributed by atoms with Crippen molar-refractivity contribution in [3.63, 3.8) is 0 Å². The van der Waals surface area contributed by atoms with Gasteiger partial charge >= 0.3 is 12.4 Å². The second kappa shape index (κ2) is 12.2. The Bertz CT molecular complexity index is 1450. The Morgan fingerprint density at radius 1 is 0.951 bits per heavy atom. The van der Waals surface area contributed by atoms with Gasteiger partial charge in [-0.25, -0.2) is 0 Å². The van der Waals surface area contributed by atoms with E-state index in [2.05, 4.69) is 5.32 Å². The van der Waals surface area contributed by atoms with E-state index in [0.717, 1.165) is 36.7 Å². The van der Waals surface area contributed by atoms with Crippen molar-refractivity contribution in [2.24, 2.45) is 0 Å². The van der Waals surface area contributed by atoms with Crippen molar-refractivity contribution < 1.29 is 45.4 Å². The fourth-order valence-corrected chi connectivity index (χ4v) is 5.03. The van der Waals surface area contributed by atoms with Gasteiger partial charge in [0.05, 0.1) is 29.9 Å². The summed E-state index contributed by atoms with van der Waals surface area (Å²) in [7, 11) is 0. The largest absolute Gasteiger partial charge is 0.619 e. The van der Waals surface area contributed by atoms with Crippen LogP contribution in [0.3, 0.4) is 0 Å². The van der Waals surface area contributed by atoms with E-state index in [1.54, 1.807) is 0 Å². The first-order valence-corrected chi connectivity index (χ1v) is 12.8. The summed E-state index contributed by atoms with van der Waals surface area (Å²) in [5.41, 5.74) is -4.30. The first-order valence-electron chi connectivity index (χ1n) is 12.0. The third-order valence-corrected chi connectivity index (χ3v) is 6.93. The van der Waals surface area contributed by atoms with Crippen molar-refractivity contribution in [3.05, 3.63) is 94.5 Å². The zero-order chi connectivity index (χ0) is 29.8. The Morgan fingerprint density at radius 2 is 1.61 bits per heavy atom. The van der Waals surface area contributed by atoms with Gasteiger partial charge < -0.3 is 20.2 Å². The Balaban J connectivity index is 1.65. The van der Waals surface area contributed by atoms with E-state index >= 15 is 0 Å². The topological polar surface area (TPSA) is 85.6 Å². The molecule has 7 nitrogen and oxygen atoms in total. The molecule has 1 fully saturated rings. The quantitative estimate of drug-likeness (QED) is 0.172. The number of rotatable bonds is 6. The van der Waals surface area contributed by atoms with Gasteiger partial charge in [0.25, 0.3) is 5.91 Å². The van der Waals surface area contributed by atoms with Crippen LogP contribution in [0.4, 0.5) is 32.0 Å². The summed E-state index contributed by atoms with van der Waals surface area (Å²) in [4.78, 5) is 25.5. The van der Waals surface area contributed by atoms with Gasteiger partial charge in [0.15, 0.2) is 12.4 Å². The fourth-order valence-electron chi connectivity index (χ4n) is 3.99. The molecule has 1 aliphatic rings. The van der Waals surface area contributed by atoms with Gasteiger partial charge in [-0.2, -0.15) is 31.1 Å². The van der Waals surface area contributed by atoms with Crippen LogP contribution in [0, 0.1) is 5.21 Å². The van der Waals surface area contributed by atoms with E-state index < -0.39 is 45.8 Å². The first-order chi connectivity index (χ1) is 19.3. The van der Waals surface area contributed by atoms with Gasteiger partial charge in [0, 0.05) is 46.8 Å². The summed E-state index contributed by atoms with van der Waals surface area (Å²) < 4.78 is 90.4. The molecule has 41 heavy (non-hydrogen) atoms. The number of alkyl halides is 6. The molecule has 216 valence electrons. The second-order valence-corrected chi connectivity index (χ2v) is 9.82. The average molecular weight is 598 g/mol. The molecular weight excluding hydrogens is 576 g/mol. The van der Waals surface area contributed by atoms with E-state index in [0.29, 0.717) is 16.5 Å². The summed E-state index contributed by atoms with van der Waals surface area (Å²) in [5.74, 6) is -1.25. The van der Waals surface area contributed by atoms with Crippen molar-refractivity contribution in [1.82, 2.24) is 4.90 Å². The summed E-state index contributed by atoms with van der Waals surface area (Å²) in [6.07, 6.45) is -7.01. The highest BCUT2D eigenvalue weighted by atomic mass is 32.2. The maximum absolute atomic E-state index is 14.2. The lowest BCUT2D eigenvalue weighted by Crippen LogP contribution is -2.39. The molecule has 0 aliphatic carbocycles. The standard InChI is InChI=1S/C27H21F6N3O4S/c28-26(29,30)23-17(5-7-22(37)35-12-14-40-15-13-35)4-6-21(24(23)27(31,32)33)41-20-3-1-2-19(16-20)34-25(38)18-8-10-36(39)11-9-18/h1-11,16H,12-15H2,(H,34,38). The SMILES string of the molecule is O=C(Nc1cccc(Sc2ccc(C=CC(=O)N3CCOCC3)c(C(F)(F)F)c2C(F)(F)F)c1)c1cc[n+]([O-])cc1. The Kier molecular flexibility index (Phi) is 8.92. The summed E-state index contributed by atoms with van der Waals surface area (Å²) in [6, 6.07) is 9.87. The number of hydrogen-bond donors (Lipinski definition) is 1. The maximum atomic E-state index is 14.2. The number of hydrogen-bond acceptors (Lipinski definition) is 5. The second-order valence-electron chi connectivity index (χ2n) is 8.70. The van der Waals surface area contributed by atoms with Crippen molar-refractivity contribution >= 4 is 35.3 Å². The number of benzene rings is 2. The molecule has 2 aromatic carbocycles. The lowest BCUT2D eigenvalue weighted by Gasteiger charge is -2.25. The molecule has 0 unspecified atom stereocenters. The van der Waals surface area contributed by atoms with Crippen LogP contribution in [-0.2, 0) is 21.9 Å². The van der Waals surface area contributed by atoms with Crippen LogP contribution in [-0.4, -0.2) is 43.0 Å². The van der Waals surface area contributed by atoms with Crippen LogP contribution in [0.2, 0.25) is 0 Å². The molecule has 1 N–H and O–H groups in total. The van der Waals surface area contributed by atoms with E-state index in [4.69, 9.17) is 4.74 Å². The molecule has 2 heterocycles. The highest BCUT2D eigenvalue weighted by Gasteiger charge is 2.46. The molecule has 2 amide bonds. The summed E-state index contributed by atoms with van der Waals surface area (Å²) in [6.45, 7) is 0.916. The number of carbonyl (C=O) groups excluding carboxylic acids is 2. The third-order valence-electron chi connectivity index (χ3n) is 5.88. The lowest BCUT2D eigenvalue weighted by molar-refractivity contribution is -0.605. The van der Waals surface area contributed by atoms with E-state index in [1.165, 1.54) is 41.3 Å². The number of anilines is 1. The van der Waals surface area contributed by atoms with Gasteiger partial charge in [0.2, 0.25) is 5.91 Å². The molecule has 0 saturated carbocycles. The Morgan fingerprint density at radius 3 is 2.24 bits per heavy atom. The molecule has 0 radical (unpaired) electrons. The smallest absolute Gasteiger partial charge is 0.418 e. The zero-order valence-corrected chi connectivity index (χ0v) is 21.8. The summed E-state index contributed by atoms with van der Waals surface area (Å²) >= 11 is 0.437. The number of nitrogens with zero attached hydrogens (tertiary/aromatic N) is 2. The summed E-state index contributed by atoms with van der Waals surface area (Å²) in [5, 5.41) is 13.7. The molecular formula is C27H21F6N3O4S. The van der Waals surface area contributed by atoms with Crippen LogP contribution >= 0.6 is 11.8 Å². The van der Waals surface area contributed by atoms with Crippen molar-refractivity contribution in [3.8, 4) is 0 Å². The van der Waals surface area contributed by atoms with Crippen LogP contribution in [0.15, 0.2) is 76.8 Å². The van der Waals surface area contributed by atoms with Crippen LogP contribution in [0.5, 0.6) is 0 Å². The van der Waals surface area contributed by atoms with Crippen LogP contribution in [0.25, 0.3) is 6.08 Å². The Hall–Kier alpha value is -4.04. The van der Waals surface area contributed by atoms with Crippen molar-refractivity contribution in [2.75, 3.05) is 31.6 Å². The zero-order valence-electron chi connectivity index (χ0n) is 21.0. The number of halogens is 6. The molecule has 1 aliphatic heterocycles. The average Bonchev–Trinajstić information content (AvgIpc) is 2.91. The molecule has 0 atom stereocenters. The predicted octanol–water partition coefficient (Wildman–Crippen LogP) is 5.63. The number of pyridine rings is 1. The number of carbonyl (C=O) groups is 2. The van der Waals surface area contributed by atoms with Gasteiger partial charge in [0.1, 0.15) is 0 Å². The molecule has 14 heteroatoms. The van der Waals surface area contributed by atoms with E-state index in [1.807, 2.05) is 0 Å². The fraction of sp³-hybridized carbons (Fsp3) is 0.222. The number of aromatic nitrogens is 1. The third kappa shape index (κ3) is 7.58. The Labute approximate surface area is 234 Å². The monoisotopic (exact) mass is 597 g/mol. The first kappa shape index (κ1) is 29.9. The normalized spacial score (nSPS) is 14.3. The van der Waals surface area contributed by atoms with E-state index in [9.17, 15) is 41.1 Å². The highest BCUT2D eigenvalue weighted by Crippen LogP contribution is 2.48. The molecule has 0 spiro atoms. The maximum Gasteiger partial charge on any atom is 0.418 e. The molecule has 1 aromatic heterocycles. The van der Waals surface area contributed by atoms with Crippen molar-refractivity contribution in [2.45, 2.75) is 22.1 Å². The number of morpholine rings is 1. The molecule has 3 aromatic rings. The van der Waals surface area contributed by atoms with E-state index in [-0.39, 0.29) is 42.4 Å². The van der Waals surface area contributed by atoms with Gasteiger partial charge in [-0.15, -0.1) is 0 Å². The molecule has 0 bridgehead atoms. The van der Waals surface area contributed by atoms with Crippen LogP contribution < -0.4 is 10.0 Å². The van der Waals surface area contributed by atoms with Gasteiger partial charge in [-0.05, 0) is 35.9 Å². The number of ether oxygens (including phenoxy) is 1. The predicted molar refractivity (Wildman–Crippen MR) is 137 cm³/mol. The van der Waals surface area contributed by atoms with Gasteiger partial charge in [-0.3, -0.25) is 9.59 Å². The van der Waals surface area contributed by atoms with Crippen molar-refractivity contribution in [1.29, 1.82) is 0 Å². The molecule has 1 saturated heterocycles. The minimum absolute atomic E-state index is 0.123. The number of nitrogens with one attached hydrogen (secondary N) is 1. The minimum Gasteiger partial charge on any atom is -0.619 e. The lowest BCUT2D eigenvalue weighted by atomic mass is 9.99. The minimum atomic E-state index is -5.39. The highest BCUT2D eigenvalue weighted by molar-refractivity contribution is 7.99. The van der Waals surface area contributed by atoms with Gasteiger partial charge in [-0.1, -0.05) is 23.9 Å². The van der Waals surface area contributed by atoms with Crippen LogP contribution in [0.1, 0.15) is 27.0 Å².